The second-order valence-electron chi connectivity index (χ2n) is 13.3. The fourth-order valence-corrected chi connectivity index (χ4v) is 6.58. The molecule has 0 atom stereocenters. The van der Waals surface area contributed by atoms with E-state index in [0.717, 1.165) is 36.8 Å². The van der Waals surface area contributed by atoms with Crippen LogP contribution in [-0.2, 0) is 22.7 Å². The number of benzene rings is 3. The van der Waals surface area contributed by atoms with E-state index >= 15 is 0 Å². The Labute approximate surface area is 245 Å². The van der Waals surface area contributed by atoms with Gasteiger partial charge in [-0.05, 0) is 106 Å². The first-order valence-corrected chi connectivity index (χ1v) is 16.0. The zero-order valence-corrected chi connectivity index (χ0v) is 27.6. The second kappa shape index (κ2) is 12.4. The van der Waals surface area contributed by atoms with Gasteiger partial charge in [-0.1, -0.05) is 105 Å². The fraction of sp³-hybridized carbons (Fsp3) is 0.500. The lowest BCUT2D eigenvalue weighted by atomic mass is 9.71. The molecule has 0 spiro atoms. The third-order valence-electron chi connectivity index (χ3n) is 9.46. The molecule has 0 amide bonds. The predicted molar refractivity (Wildman–Crippen MR) is 173 cm³/mol. The van der Waals surface area contributed by atoms with Crippen LogP contribution in [-0.4, -0.2) is 9.79 Å². The normalized spacial score (nSPS) is 12.8. The Morgan fingerprint density at radius 2 is 1.20 bits per heavy atom. The molecule has 3 nitrogen and oxygen atoms in total. The van der Waals surface area contributed by atoms with Crippen molar-refractivity contribution in [1.29, 1.82) is 0 Å². The van der Waals surface area contributed by atoms with Gasteiger partial charge in [-0.15, -0.1) is 0 Å². The maximum absolute atomic E-state index is 10.1. The highest BCUT2D eigenvalue weighted by Gasteiger charge is 2.32. The molecule has 218 valence electrons. The molecule has 0 aliphatic carbocycles. The summed E-state index contributed by atoms with van der Waals surface area (Å²) in [6.45, 7) is 25.0. The van der Waals surface area contributed by atoms with Crippen LogP contribution in [0.25, 0.3) is 11.1 Å². The highest BCUT2D eigenvalue weighted by molar-refractivity contribution is 7.39. The molecule has 3 aromatic carbocycles. The van der Waals surface area contributed by atoms with E-state index in [1.165, 1.54) is 38.9 Å². The summed E-state index contributed by atoms with van der Waals surface area (Å²) in [4.78, 5) is 20.2. The number of hydrogen-bond donors (Lipinski definition) is 2. The van der Waals surface area contributed by atoms with Gasteiger partial charge in [0.25, 0.3) is 0 Å². The average Bonchev–Trinajstić information content (AvgIpc) is 2.88. The lowest BCUT2D eigenvalue weighted by Crippen LogP contribution is -2.23. The third-order valence-corrected chi connectivity index (χ3v) is 9.82. The van der Waals surface area contributed by atoms with E-state index in [9.17, 15) is 9.79 Å². The van der Waals surface area contributed by atoms with Gasteiger partial charge in [-0.3, -0.25) is 0 Å². The Kier molecular flexibility index (Phi) is 9.99. The first-order valence-electron chi connectivity index (χ1n) is 14.8. The van der Waals surface area contributed by atoms with Crippen molar-refractivity contribution in [2.45, 2.75) is 118 Å². The Bertz CT molecular complexity index is 1330. The lowest BCUT2D eigenvalue weighted by molar-refractivity contribution is 0.375. The van der Waals surface area contributed by atoms with E-state index in [0.29, 0.717) is 5.75 Å². The summed E-state index contributed by atoms with van der Waals surface area (Å²) in [7, 11) is -2.58. The van der Waals surface area contributed by atoms with Crippen LogP contribution in [0.2, 0.25) is 0 Å². The lowest BCUT2D eigenvalue weighted by Gasteiger charge is -2.34. The minimum atomic E-state index is -2.58. The first-order chi connectivity index (χ1) is 18.6. The highest BCUT2D eigenvalue weighted by Crippen LogP contribution is 2.49. The molecule has 3 rings (SSSR count). The monoisotopic (exact) mass is 562 g/mol. The van der Waals surface area contributed by atoms with Gasteiger partial charge >= 0.3 is 8.60 Å². The summed E-state index contributed by atoms with van der Waals surface area (Å²) in [5, 5.41) is 0. The van der Waals surface area contributed by atoms with Crippen molar-refractivity contribution in [3.8, 4) is 16.9 Å². The van der Waals surface area contributed by atoms with E-state index in [2.05, 4.69) is 119 Å². The SMILES string of the molecule is CCC(C)(C)c1ccc(OP(O)O)c(-c2cccc(C)c2C(C)(C)CC)c1Cc1cccc(C)c1C(C)(C)CC. The molecule has 0 aromatic heterocycles. The fourth-order valence-electron chi connectivity index (χ4n) is 6.26. The quantitative estimate of drug-likeness (QED) is 0.229. The molecular formula is C36H51O3P. The predicted octanol–water partition coefficient (Wildman–Crippen LogP) is 10.2. The van der Waals surface area contributed by atoms with Gasteiger partial charge in [0.05, 0.1) is 0 Å². The smallest absolute Gasteiger partial charge is 0.391 e. The Balaban J connectivity index is 2.54. The van der Waals surface area contributed by atoms with Gasteiger partial charge in [0, 0.05) is 5.56 Å². The Morgan fingerprint density at radius 3 is 1.75 bits per heavy atom. The molecule has 0 saturated carbocycles. The molecule has 0 unspecified atom stereocenters. The van der Waals surface area contributed by atoms with Crippen molar-refractivity contribution in [2.24, 2.45) is 0 Å². The van der Waals surface area contributed by atoms with Gasteiger partial charge in [0.1, 0.15) is 5.75 Å². The van der Waals surface area contributed by atoms with Crippen LogP contribution in [0.4, 0.5) is 0 Å². The van der Waals surface area contributed by atoms with Crippen molar-refractivity contribution >= 4 is 8.60 Å². The van der Waals surface area contributed by atoms with E-state index < -0.39 is 8.60 Å². The van der Waals surface area contributed by atoms with Crippen molar-refractivity contribution in [3.05, 3.63) is 87.5 Å². The molecule has 0 fully saturated rings. The average molecular weight is 563 g/mol. The first kappa shape index (κ1) is 32.3. The molecular weight excluding hydrogens is 511 g/mol. The summed E-state index contributed by atoms with van der Waals surface area (Å²) in [5.74, 6) is 0.532. The number of aryl methyl sites for hydroxylation is 2. The van der Waals surface area contributed by atoms with Gasteiger partial charge in [-0.2, -0.15) is 0 Å². The van der Waals surface area contributed by atoms with Gasteiger partial charge in [0.2, 0.25) is 0 Å². The third kappa shape index (κ3) is 6.48. The summed E-state index contributed by atoms with van der Waals surface area (Å²) >= 11 is 0. The minimum Gasteiger partial charge on any atom is -0.426 e. The van der Waals surface area contributed by atoms with Crippen LogP contribution in [0.5, 0.6) is 5.75 Å². The van der Waals surface area contributed by atoms with Gasteiger partial charge in [-0.25, -0.2) is 0 Å². The number of rotatable bonds is 11. The standard InChI is InChI=1S/C36H51O3P/c1-12-34(6,7)29-21-22-30(39-40(37)38)31(27-20-16-18-25(5)33(27)36(10,11)14-3)28(29)23-26-19-15-17-24(4)32(26)35(8,9)13-2/h15-22,37-38H,12-14,23H2,1-11H3. The topological polar surface area (TPSA) is 49.7 Å². The van der Waals surface area contributed by atoms with Gasteiger partial charge in [0.15, 0.2) is 0 Å². The highest BCUT2D eigenvalue weighted by atomic mass is 31.2. The van der Waals surface area contributed by atoms with Crippen LogP contribution < -0.4 is 4.52 Å². The molecule has 0 aliphatic heterocycles. The molecule has 40 heavy (non-hydrogen) atoms. The largest absolute Gasteiger partial charge is 0.426 e. The van der Waals surface area contributed by atoms with Crippen molar-refractivity contribution in [3.63, 3.8) is 0 Å². The molecule has 0 radical (unpaired) electrons. The maximum Gasteiger partial charge on any atom is 0.391 e. The molecule has 0 heterocycles. The summed E-state index contributed by atoms with van der Waals surface area (Å²) in [5.41, 5.74) is 11.0. The number of hydrogen-bond acceptors (Lipinski definition) is 3. The van der Waals surface area contributed by atoms with Crippen LogP contribution >= 0.6 is 8.60 Å². The van der Waals surface area contributed by atoms with Crippen molar-refractivity contribution in [1.82, 2.24) is 0 Å². The minimum absolute atomic E-state index is 0.0264. The summed E-state index contributed by atoms with van der Waals surface area (Å²) in [6, 6.07) is 17.3. The summed E-state index contributed by atoms with van der Waals surface area (Å²) in [6.07, 6.45) is 3.74. The van der Waals surface area contributed by atoms with Crippen LogP contribution in [0, 0.1) is 13.8 Å². The molecule has 3 aromatic rings. The van der Waals surface area contributed by atoms with Crippen molar-refractivity contribution in [2.75, 3.05) is 0 Å². The van der Waals surface area contributed by atoms with E-state index in [-0.39, 0.29) is 16.2 Å². The molecule has 4 heteroatoms. The van der Waals surface area contributed by atoms with E-state index in [1.54, 1.807) is 0 Å². The van der Waals surface area contributed by atoms with Crippen LogP contribution in [0.3, 0.4) is 0 Å². The molecule has 0 saturated heterocycles. The zero-order valence-electron chi connectivity index (χ0n) is 26.7. The van der Waals surface area contributed by atoms with Crippen molar-refractivity contribution < 1.29 is 14.3 Å². The maximum atomic E-state index is 10.1. The second-order valence-corrected chi connectivity index (χ2v) is 14.0. The van der Waals surface area contributed by atoms with Crippen LogP contribution in [0.15, 0.2) is 48.5 Å². The van der Waals surface area contributed by atoms with Crippen LogP contribution in [0.1, 0.15) is 121 Å². The van der Waals surface area contributed by atoms with E-state index in [4.69, 9.17) is 4.52 Å². The summed E-state index contributed by atoms with van der Waals surface area (Å²) < 4.78 is 5.84. The molecule has 2 N–H and O–H groups in total. The Hall–Kier alpha value is -2.19. The molecule has 0 aliphatic rings. The Morgan fingerprint density at radius 1 is 0.675 bits per heavy atom. The van der Waals surface area contributed by atoms with Gasteiger partial charge < -0.3 is 14.3 Å². The molecule has 0 bridgehead atoms. The van der Waals surface area contributed by atoms with E-state index in [1.807, 2.05) is 6.07 Å². The zero-order chi connectivity index (χ0) is 30.0.